The number of halogens is 1. The maximum Gasteiger partial charge on any atom is 0.270 e. The Kier molecular flexibility index (Phi) is 4.57. The van der Waals surface area contributed by atoms with E-state index in [-0.39, 0.29) is 18.3 Å². The van der Waals surface area contributed by atoms with Crippen molar-refractivity contribution in [2.75, 3.05) is 26.8 Å². The van der Waals surface area contributed by atoms with Crippen molar-refractivity contribution in [2.24, 2.45) is 7.05 Å². The van der Waals surface area contributed by atoms with E-state index < -0.39 is 5.60 Å². The van der Waals surface area contributed by atoms with E-state index >= 15 is 0 Å². The molecular weight excluding hydrogens is 311 g/mol. The molecule has 2 aromatic rings. The van der Waals surface area contributed by atoms with Crippen LogP contribution in [0.3, 0.4) is 0 Å². The second-order valence-corrected chi connectivity index (χ2v) is 6.11. The predicted octanol–water partition coefficient (Wildman–Crippen LogP) is 2.47. The second kappa shape index (κ2) is 6.65. The highest BCUT2D eigenvalue weighted by atomic mass is 19.1. The van der Waals surface area contributed by atoms with Crippen LogP contribution in [0.1, 0.15) is 16.9 Å². The molecule has 1 amide bonds. The van der Waals surface area contributed by atoms with Crippen molar-refractivity contribution in [3.63, 3.8) is 0 Å². The van der Waals surface area contributed by atoms with Gasteiger partial charge in [0.1, 0.15) is 29.5 Å². The molecule has 0 N–H and O–H groups in total. The number of aryl methyl sites for hydroxylation is 1. The van der Waals surface area contributed by atoms with E-state index in [0.717, 1.165) is 0 Å². The van der Waals surface area contributed by atoms with Gasteiger partial charge in [0.15, 0.2) is 0 Å². The molecule has 1 aliphatic heterocycles. The van der Waals surface area contributed by atoms with Crippen LogP contribution < -0.4 is 4.74 Å². The minimum Gasteiger partial charge on any atom is -0.490 e. The summed E-state index contributed by atoms with van der Waals surface area (Å²) in [6.07, 6.45) is 2.52. The van der Waals surface area contributed by atoms with Crippen LogP contribution >= 0.6 is 0 Å². The van der Waals surface area contributed by atoms with Gasteiger partial charge in [-0.1, -0.05) is 6.07 Å². The quantitative estimate of drug-likeness (QED) is 0.845. The van der Waals surface area contributed by atoms with Crippen LogP contribution in [0, 0.1) is 5.82 Å². The number of amides is 1. The predicted molar refractivity (Wildman–Crippen MR) is 87.6 cm³/mol. The highest BCUT2D eigenvalue weighted by molar-refractivity contribution is 5.93. The number of ether oxygens (including phenoxy) is 2. The topological polar surface area (TPSA) is 43.7 Å². The summed E-state index contributed by atoms with van der Waals surface area (Å²) < 4.78 is 26.4. The van der Waals surface area contributed by atoms with Gasteiger partial charge in [0.05, 0.1) is 6.54 Å². The van der Waals surface area contributed by atoms with E-state index in [0.29, 0.717) is 31.0 Å². The van der Waals surface area contributed by atoms with Gasteiger partial charge in [-0.15, -0.1) is 0 Å². The summed E-state index contributed by atoms with van der Waals surface area (Å²) in [6, 6.07) is 9.66. The van der Waals surface area contributed by atoms with E-state index in [1.165, 1.54) is 12.1 Å². The molecule has 0 bridgehead atoms. The summed E-state index contributed by atoms with van der Waals surface area (Å²) >= 11 is 0. The van der Waals surface area contributed by atoms with Crippen LogP contribution in [-0.2, 0) is 11.8 Å². The second-order valence-electron chi connectivity index (χ2n) is 6.11. The van der Waals surface area contributed by atoms with Crippen LogP contribution in [0.5, 0.6) is 5.75 Å². The zero-order chi connectivity index (χ0) is 17.2. The summed E-state index contributed by atoms with van der Waals surface area (Å²) in [4.78, 5) is 14.4. The van der Waals surface area contributed by atoms with Crippen molar-refractivity contribution in [2.45, 2.75) is 12.0 Å². The van der Waals surface area contributed by atoms with E-state index in [9.17, 15) is 9.18 Å². The van der Waals surface area contributed by atoms with Crippen molar-refractivity contribution >= 4 is 5.91 Å². The van der Waals surface area contributed by atoms with Crippen LogP contribution in [-0.4, -0.2) is 47.8 Å². The molecule has 0 radical (unpaired) electrons. The van der Waals surface area contributed by atoms with Gasteiger partial charge in [-0.2, -0.15) is 0 Å². The molecule has 128 valence electrons. The van der Waals surface area contributed by atoms with Gasteiger partial charge in [0, 0.05) is 33.0 Å². The Morgan fingerprint density at radius 2 is 2.17 bits per heavy atom. The van der Waals surface area contributed by atoms with E-state index in [1.54, 1.807) is 34.8 Å². The molecule has 0 spiro atoms. The highest BCUT2D eigenvalue weighted by Gasteiger charge is 2.41. The Hall–Kier alpha value is -2.34. The van der Waals surface area contributed by atoms with Crippen LogP contribution in [0.15, 0.2) is 42.6 Å². The molecule has 1 fully saturated rings. The van der Waals surface area contributed by atoms with Crippen molar-refractivity contribution in [1.82, 2.24) is 9.47 Å². The molecule has 3 rings (SSSR count). The van der Waals surface area contributed by atoms with E-state index in [1.807, 2.05) is 19.3 Å². The molecule has 1 unspecified atom stereocenters. The Morgan fingerprint density at radius 1 is 1.33 bits per heavy atom. The van der Waals surface area contributed by atoms with Gasteiger partial charge in [-0.05, 0) is 30.7 Å². The number of hydrogen-bond acceptors (Lipinski definition) is 3. The summed E-state index contributed by atoms with van der Waals surface area (Å²) in [6.45, 7) is 1.32. The zero-order valence-corrected chi connectivity index (χ0v) is 13.9. The molecule has 1 aliphatic rings. The number of benzene rings is 1. The molecule has 2 heterocycles. The van der Waals surface area contributed by atoms with Crippen molar-refractivity contribution in [1.29, 1.82) is 0 Å². The number of carbonyl (C=O) groups is 1. The number of rotatable bonds is 5. The molecule has 0 saturated carbocycles. The Labute approximate surface area is 140 Å². The highest BCUT2D eigenvalue weighted by Crippen LogP contribution is 2.27. The number of aromatic nitrogens is 1. The average molecular weight is 332 g/mol. The molecule has 1 aromatic heterocycles. The molecule has 1 saturated heterocycles. The van der Waals surface area contributed by atoms with E-state index in [2.05, 4.69) is 0 Å². The third-order valence-corrected chi connectivity index (χ3v) is 4.50. The average Bonchev–Trinajstić information content (AvgIpc) is 3.20. The van der Waals surface area contributed by atoms with Gasteiger partial charge in [-0.3, -0.25) is 4.79 Å². The van der Waals surface area contributed by atoms with Gasteiger partial charge in [0.2, 0.25) is 0 Å². The third-order valence-electron chi connectivity index (χ3n) is 4.50. The van der Waals surface area contributed by atoms with Gasteiger partial charge in [0.25, 0.3) is 5.91 Å². The number of methoxy groups -OCH3 is 1. The lowest BCUT2D eigenvalue weighted by atomic mass is 10.0. The maximum atomic E-state index is 13.2. The Morgan fingerprint density at radius 3 is 2.83 bits per heavy atom. The minimum absolute atomic E-state index is 0.0211. The standard InChI is InChI=1S/C18H21FN2O3/c1-20-9-4-7-16(20)17(22)21-10-8-18(12-21,23-2)13-24-15-6-3-5-14(19)11-15/h3-7,9,11H,8,10,12-13H2,1-2H3. The summed E-state index contributed by atoms with van der Waals surface area (Å²) in [7, 11) is 3.46. The number of hydrogen-bond donors (Lipinski definition) is 0. The largest absolute Gasteiger partial charge is 0.490 e. The minimum atomic E-state index is -0.576. The maximum absolute atomic E-state index is 13.2. The first-order valence-corrected chi connectivity index (χ1v) is 7.87. The van der Waals surface area contributed by atoms with Crippen molar-refractivity contribution in [3.8, 4) is 5.75 Å². The van der Waals surface area contributed by atoms with Crippen LogP contribution in [0.25, 0.3) is 0 Å². The van der Waals surface area contributed by atoms with Gasteiger partial charge in [-0.25, -0.2) is 4.39 Å². The van der Waals surface area contributed by atoms with E-state index in [4.69, 9.17) is 9.47 Å². The van der Waals surface area contributed by atoms with Gasteiger partial charge >= 0.3 is 0 Å². The SMILES string of the molecule is COC1(COc2cccc(F)c2)CCN(C(=O)c2cccn2C)C1. The molecule has 6 heteroatoms. The van der Waals surface area contributed by atoms with Crippen molar-refractivity contribution in [3.05, 3.63) is 54.1 Å². The zero-order valence-electron chi connectivity index (χ0n) is 13.9. The van der Waals surface area contributed by atoms with Crippen molar-refractivity contribution < 1.29 is 18.7 Å². The number of carbonyl (C=O) groups excluding carboxylic acids is 1. The lowest BCUT2D eigenvalue weighted by molar-refractivity contribution is -0.0343. The summed E-state index contributed by atoms with van der Waals surface area (Å²) in [5.74, 6) is 0.0942. The molecule has 0 aliphatic carbocycles. The van der Waals surface area contributed by atoms with Gasteiger partial charge < -0.3 is 18.9 Å². The monoisotopic (exact) mass is 332 g/mol. The summed E-state index contributed by atoms with van der Waals surface area (Å²) in [5.41, 5.74) is 0.0700. The van der Waals surface area contributed by atoms with Crippen LogP contribution in [0.2, 0.25) is 0 Å². The van der Waals surface area contributed by atoms with Crippen LogP contribution in [0.4, 0.5) is 4.39 Å². The molecule has 5 nitrogen and oxygen atoms in total. The fraction of sp³-hybridized carbons (Fsp3) is 0.389. The smallest absolute Gasteiger partial charge is 0.270 e. The summed E-state index contributed by atoms with van der Waals surface area (Å²) in [5, 5.41) is 0. The molecule has 1 atom stereocenters. The fourth-order valence-electron chi connectivity index (χ4n) is 2.98. The molecular formula is C18H21FN2O3. The fourth-order valence-corrected chi connectivity index (χ4v) is 2.98. The lowest BCUT2D eigenvalue weighted by Crippen LogP contribution is -2.42. The lowest BCUT2D eigenvalue weighted by Gasteiger charge is -2.28. The Bertz CT molecular complexity index is 731. The first-order valence-electron chi connectivity index (χ1n) is 7.87. The Balaban J connectivity index is 1.66. The number of nitrogens with zero attached hydrogens (tertiary/aromatic N) is 2. The third kappa shape index (κ3) is 3.28. The molecule has 1 aromatic carbocycles. The number of likely N-dealkylation sites (tertiary alicyclic amines) is 1. The molecule has 24 heavy (non-hydrogen) atoms. The first kappa shape index (κ1) is 16.5. The first-order chi connectivity index (χ1) is 11.5. The normalized spacial score (nSPS) is 20.4.